The molecule has 0 amide bonds. The fraction of sp³-hybridized carbons (Fsp3) is 0.526. The Hall–Kier alpha value is -1.85. The SMILES string of the molecule is Cc1cc(C)n(C[C@@H]2CCCN2C[C@@H](O)COc2ccccc2)n1. The Morgan fingerprint density at radius 2 is 2.08 bits per heavy atom. The Balaban J connectivity index is 1.50. The van der Waals surface area contributed by atoms with Gasteiger partial charge >= 0.3 is 0 Å². The normalized spacial score (nSPS) is 19.5. The Kier molecular flexibility index (Phi) is 5.53. The van der Waals surface area contributed by atoms with Crippen LogP contribution in [0.2, 0.25) is 0 Å². The van der Waals surface area contributed by atoms with Crippen molar-refractivity contribution in [1.82, 2.24) is 14.7 Å². The predicted molar refractivity (Wildman–Crippen MR) is 94.2 cm³/mol. The molecule has 2 atom stereocenters. The molecule has 0 radical (unpaired) electrons. The van der Waals surface area contributed by atoms with Gasteiger partial charge in [-0.05, 0) is 51.4 Å². The zero-order valence-electron chi connectivity index (χ0n) is 14.6. The summed E-state index contributed by atoms with van der Waals surface area (Å²) in [7, 11) is 0. The largest absolute Gasteiger partial charge is 0.491 e. The smallest absolute Gasteiger partial charge is 0.119 e. The van der Waals surface area contributed by atoms with E-state index in [1.165, 1.54) is 12.1 Å². The quantitative estimate of drug-likeness (QED) is 0.847. The summed E-state index contributed by atoms with van der Waals surface area (Å²) in [6, 6.07) is 12.2. The lowest BCUT2D eigenvalue weighted by atomic mass is 10.2. The molecular weight excluding hydrogens is 302 g/mol. The van der Waals surface area contributed by atoms with Crippen LogP contribution in [-0.2, 0) is 6.54 Å². The molecular formula is C19H27N3O2. The molecule has 1 aromatic heterocycles. The first-order chi connectivity index (χ1) is 11.6. The summed E-state index contributed by atoms with van der Waals surface area (Å²) in [6.07, 6.45) is 1.85. The standard InChI is InChI=1S/C19H27N3O2/c1-15-11-16(2)22(20-15)12-17-7-6-10-21(17)13-18(23)14-24-19-8-4-3-5-9-19/h3-5,8-9,11,17-18,23H,6-7,10,12-14H2,1-2H3/t17-,18+/m0/s1. The van der Waals surface area contributed by atoms with E-state index in [1.807, 2.05) is 37.3 Å². The van der Waals surface area contributed by atoms with Crippen molar-refractivity contribution in [2.45, 2.75) is 45.4 Å². The number of benzene rings is 1. The van der Waals surface area contributed by atoms with Crippen LogP contribution in [0.25, 0.3) is 0 Å². The summed E-state index contributed by atoms with van der Waals surface area (Å²) < 4.78 is 7.75. The maximum absolute atomic E-state index is 10.3. The van der Waals surface area contributed by atoms with Gasteiger partial charge in [-0.25, -0.2) is 0 Å². The van der Waals surface area contributed by atoms with Gasteiger partial charge in [-0.2, -0.15) is 5.10 Å². The van der Waals surface area contributed by atoms with Gasteiger partial charge in [-0.3, -0.25) is 9.58 Å². The van der Waals surface area contributed by atoms with Crippen molar-refractivity contribution < 1.29 is 9.84 Å². The molecule has 1 aromatic carbocycles. The van der Waals surface area contributed by atoms with E-state index in [-0.39, 0.29) is 0 Å². The van der Waals surface area contributed by atoms with E-state index in [0.29, 0.717) is 19.2 Å². The van der Waals surface area contributed by atoms with Crippen molar-refractivity contribution in [3.05, 3.63) is 47.8 Å². The second-order valence-corrected chi connectivity index (χ2v) is 6.68. The topological polar surface area (TPSA) is 50.5 Å². The number of ether oxygens (including phenoxy) is 1. The van der Waals surface area contributed by atoms with Gasteiger partial charge < -0.3 is 9.84 Å². The van der Waals surface area contributed by atoms with E-state index in [1.54, 1.807) is 0 Å². The summed E-state index contributed by atoms with van der Waals surface area (Å²) in [5.41, 5.74) is 2.26. The highest BCUT2D eigenvalue weighted by molar-refractivity contribution is 5.20. The Morgan fingerprint density at radius 3 is 2.79 bits per heavy atom. The number of nitrogens with zero attached hydrogens (tertiary/aromatic N) is 3. The molecule has 0 spiro atoms. The van der Waals surface area contributed by atoms with Gasteiger partial charge in [0.1, 0.15) is 18.5 Å². The summed E-state index contributed by atoms with van der Waals surface area (Å²) in [6.45, 7) is 7.03. The number of β-amino-alcohol motifs (C(OH)–C–C–N with tert-alkyl or cyclic N) is 1. The Morgan fingerprint density at radius 1 is 1.29 bits per heavy atom. The van der Waals surface area contributed by atoms with Gasteiger partial charge in [-0.15, -0.1) is 0 Å². The number of hydrogen-bond donors (Lipinski definition) is 1. The summed E-state index contributed by atoms with van der Waals surface area (Å²) in [5, 5.41) is 14.9. The number of aromatic nitrogens is 2. The molecule has 0 bridgehead atoms. The van der Waals surface area contributed by atoms with Crippen LogP contribution in [0.3, 0.4) is 0 Å². The molecule has 2 aromatic rings. The van der Waals surface area contributed by atoms with Crippen LogP contribution >= 0.6 is 0 Å². The number of aryl methyl sites for hydroxylation is 2. The van der Waals surface area contributed by atoms with E-state index in [0.717, 1.165) is 31.0 Å². The minimum Gasteiger partial charge on any atom is -0.491 e. The average molecular weight is 329 g/mol. The molecule has 1 aliphatic heterocycles. The molecule has 0 aliphatic carbocycles. The average Bonchev–Trinajstić information content (AvgIpc) is 3.13. The van der Waals surface area contributed by atoms with E-state index in [9.17, 15) is 5.11 Å². The number of aliphatic hydroxyl groups excluding tert-OH is 1. The number of aliphatic hydroxyl groups is 1. The molecule has 130 valence electrons. The van der Waals surface area contributed by atoms with Crippen molar-refractivity contribution in [1.29, 1.82) is 0 Å². The number of hydrogen-bond acceptors (Lipinski definition) is 4. The van der Waals surface area contributed by atoms with Gasteiger partial charge in [0.25, 0.3) is 0 Å². The molecule has 3 rings (SSSR count). The highest BCUT2D eigenvalue weighted by Crippen LogP contribution is 2.20. The summed E-state index contributed by atoms with van der Waals surface area (Å²) in [5.74, 6) is 0.803. The molecule has 24 heavy (non-hydrogen) atoms. The van der Waals surface area contributed by atoms with Crippen molar-refractivity contribution in [3.63, 3.8) is 0 Å². The van der Waals surface area contributed by atoms with Crippen molar-refractivity contribution in [2.24, 2.45) is 0 Å². The molecule has 1 N–H and O–H groups in total. The first-order valence-corrected chi connectivity index (χ1v) is 8.73. The lowest BCUT2D eigenvalue weighted by Gasteiger charge is -2.27. The fourth-order valence-corrected chi connectivity index (χ4v) is 3.43. The minimum absolute atomic E-state index is 0.327. The van der Waals surface area contributed by atoms with Crippen LogP contribution in [0.1, 0.15) is 24.2 Å². The third-order valence-electron chi connectivity index (χ3n) is 4.62. The zero-order chi connectivity index (χ0) is 16.9. The molecule has 5 nitrogen and oxygen atoms in total. The van der Waals surface area contributed by atoms with E-state index >= 15 is 0 Å². The van der Waals surface area contributed by atoms with Crippen LogP contribution in [-0.4, -0.2) is 51.6 Å². The van der Waals surface area contributed by atoms with Crippen molar-refractivity contribution >= 4 is 0 Å². The zero-order valence-corrected chi connectivity index (χ0v) is 14.6. The Labute approximate surface area is 143 Å². The molecule has 5 heteroatoms. The van der Waals surface area contributed by atoms with Crippen LogP contribution in [0, 0.1) is 13.8 Å². The number of rotatable bonds is 7. The molecule has 1 aliphatic rings. The molecule has 0 unspecified atom stereocenters. The maximum atomic E-state index is 10.3. The second-order valence-electron chi connectivity index (χ2n) is 6.68. The molecule has 2 heterocycles. The molecule has 0 saturated carbocycles. The van der Waals surface area contributed by atoms with Crippen LogP contribution in [0.15, 0.2) is 36.4 Å². The van der Waals surface area contributed by atoms with Gasteiger partial charge in [0.05, 0.1) is 12.2 Å². The van der Waals surface area contributed by atoms with Gasteiger partial charge in [0, 0.05) is 18.3 Å². The van der Waals surface area contributed by atoms with E-state index < -0.39 is 6.10 Å². The number of likely N-dealkylation sites (tertiary alicyclic amines) is 1. The molecule has 1 fully saturated rings. The molecule has 1 saturated heterocycles. The third kappa shape index (κ3) is 4.36. The minimum atomic E-state index is -0.480. The fourth-order valence-electron chi connectivity index (χ4n) is 3.43. The van der Waals surface area contributed by atoms with Gasteiger partial charge in [0.2, 0.25) is 0 Å². The highest BCUT2D eigenvalue weighted by Gasteiger charge is 2.27. The second kappa shape index (κ2) is 7.81. The first kappa shape index (κ1) is 17.0. The van der Waals surface area contributed by atoms with E-state index in [4.69, 9.17) is 4.74 Å². The first-order valence-electron chi connectivity index (χ1n) is 8.73. The lowest BCUT2D eigenvalue weighted by Crippen LogP contribution is -2.40. The van der Waals surface area contributed by atoms with E-state index in [2.05, 4.69) is 27.7 Å². The Bertz CT molecular complexity index is 641. The summed E-state index contributed by atoms with van der Waals surface area (Å²) >= 11 is 0. The van der Waals surface area contributed by atoms with Crippen LogP contribution in [0.5, 0.6) is 5.75 Å². The van der Waals surface area contributed by atoms with Crippen LogP contribution < -0.4 is 4.74 Å². The van der Waals surface area contributed by atoms with Crippen LogP contribution in [0.4, 0.5) is 0 Å². The summed E-state index contributed by atoms with van der Waals surface area (Å²) in [4.78, 5) is 2.37. The van der Waals surface area contributed by atoms with Gasteiger partial charge in [-0.1, -0.05) is 18.2 Å². The monoisotopic (exact) mass is 329 g/mol. The third-order valence-corrected chi connectivity index (χ3v) is 4.62. The predicted octanol–water partition coefficient (Wildman–Crippen LogP) is 2.40. The maximum Gasteiger partial charge on any atom is 0.119 e. The van der Waals surface area contributed by atoms with Gasteiger partial charge in [0.15, 0.2) is 0 Å². The highest BCUT2D eigenvalue weighted by atomic mass is 16.5. The number of para-hydroxylation sites is 1. The van der Waals surface area contributed by atoms with Crippen molar-refractivity contribution in [2.75, 3.05) is 19.7 Å². The lowest BCUT2D eigenvalue weighted by molar-refractivity contribution is 0.0608. The van der Waals surface area contributed by atoms with Crippen molar-refractivity contribution in [3.8, 4) is 5.75 Å².